The van der Waals surface area contributed by atoms with Crippen molar-refractivity contribution in [2.75, 3.05) is 13.6 Å². The standard InChI is InChI=1S/C24H26N2O5/c1-24-11-20(23(29)30)26(21(24)12-24)22(28)14-25(2)13-17-10-19(9-8-16(17)15-27)31-18-6-4-3-5-7-18/h3-10,15,20-21H,11-14H2,1-2H3,(H,29,30)/t20?,21?,24-/m1/s1. The highest BCUT2D eigenvalue weighted by Gasteiger charge is 2.64. The Morgan fingerprint density at radius 1 is 1.19 bits per heavy atom. The molecule has 2 unspecified atom stereocenters. The number of rotatable bonds is 8. The SMILES string of the molecule is CN(CC(=O)N1C(C(=O)O)C[C@]2(C)CC12)Cc1cc(Oc2ccccc2)ccc1C=O. The molecule has 1 saturated heterocycles. The molecule has 1 heterocycles. The van der Waals surface area contributed by atoms with Crippen LogP contribution in [-0.2, 0) is 16.1 Å². The summed E-state index contributed by atoms with van der Waals surface area (Å²) in [6, 6.07) is 13.8. The first-order chi connectivity index (χ1) is 14.8. The van der Waals surface area contributed by atoms with Gasteiger partial charge in [0.2, 0.25) is 5.91 Å². The molecule has 4 rings (SSSR count). The lowest BCUT2D eigenvalue weighted by Crippen LogP contribution is -2.46. The number of carboxylic acids is 1. The normalized spacial score (nSPS) is 24.0. The summed E-state index contributed by atoms with van der Waals surface area (Å²) in [5.74, 6) is 0.159. The monoisotopic (exact) mass is 422 g/mol. The van der Waals surface area contributed by atoms with Crippen molar-refractivity contribution in [3.8, 4) is 11.5 Å². The van der Waals surface area contributed by atoms with Crippen LogP contribution in [0.4, 0.5) is 0 Å². The summed E-state index contributed by atoms with van der Waals surface area (Å²) in [6.45, 7) is 2.48. The summed E-state index contributed by atoms with van der Waals surface area (Å²) in [7, 11) is 1.79. The summed E-state index contributed by atoms with van der Waals surface area (Å²) in [4.78, 5) is 39.4. The molecule has 1 aliphatic heterocycles. The molecule has 2 fully saturated rings. The maximum atomic E-state index is 12.9. The van der Waals surface area contributed by atoms with Crippen LogP contribution >= 0.6 is 0 Å². The van der Waals surface area contributed by atoms with E-state index in [9.17, 15) is 19.5 Å². The molecule has 3 atom stereocenters. The quantitative estimate of drug-likeness (QED) is 0.658. The van der Waals surface area contributed by atoms with Crippen LogP contribution in [0.2, 0.25) is 0 Å². The number of aliphatic carboxylic acids is 1. The molecule has 2 aromatic rings. The van der Waals surface area contributed by atoms with E-state index in [1.807, 2.05) is 37.3 Å². The van der Waals surface area contributed by atoms with Crippen LogP contribution in [-0.4, -0.2) is 58.7 Å². The van der Waals surface area contributed by atoms with Gasteiger partial charge in [0, 0.05) is 18.2 Å². The van der Waals surface area contributed by atoms with Crippen LogP contribution in [0.15, 0.2) is 48.5 Å². The minimum absolute atomic E-state index is 0.0163. The topological polar surface area (TPSA) is 87.2 Å². The summed E-state index contributed by atoms with van der Waals surface area (Å²) < 4.78 is 5.86. The Morgan fingerprint density at radius 2 is 1.94 bits per heavy atom. The molecular formula is C24H26N2O5. The molecular weight excluding hydrogens is 396 g/mol. The highest BCUT2D eigenvalue weighted by atomic mass is 16.5. The maximum Gasteiger partial charge on any atom is 0.326 e. The Labute approximate surface area is 181 Å². The lowest BCUT2D eigenvalue weighted by molar-refractivity contribution is -0.149. The van der Waals surface area contributed by atoms with Crippen molar-refractivity contribution in [2.24, 2.45) is 5.41 Å². The van der Waals surface area contributed by atoms with Crippen LogP contribution in [0.25, 0.3) is 0 Å². The van der Waals surface area contributed by atoms with Crippen molar-refractivity contribution in [3.05, 3.63) is 59.7 Å². The van der Waals surface area contributed by atoms with Gasteiger partial charge in [-0.25, -0.2) is 4.79 Å². The van der Waals surface area contributed by atoms with E-state index in [0.717, 1.165) is 18.3 Å². The molecule has 0 aromatic heterocycles. The van der Waals surface area contributed by atoms with Crippen molar-refractivity contribution < 1.29 is 24.2 Å². The average Bonchev–Trinajstić information content (AvgIpc) is 3.29. The van der Waals surface area contributed by atoms with E-state index < -0.39 is 12.0 Å². The van der Waals surface area contributed by atoms with Gasteiger partial charge in [-0.1, -0.05) is 25.1 Å². The van der Waals surface area contributed by atoms with Crippen molar-refractivity contribution in [1.29, 1.82) is 0 Å². The molecule has 1 N–H and O–H groups in total. The van der Waals surface area contributed by atoms with Gasteiger partial charge in [0.15, 0.2) is 0 Å². The van der Waals surface area contributed by atoms with Gasteiger partial charge in [0.25, 0.3) is 0 Å². The number of hydrogen-bond donors (Lipinski definition) is 1. The zero-order chi connectivity index (χ0) is 22.2. The Hall–Kier alpha value is -3.19. The zero-order valence-electron chi connectivity index (χ0n) is 17.7. The third-order valence-electron chi connectivity index (χ3n) is 6.27. The maximum absolute atomic E-state index is 12.9. The molecule has 1 saturated carbocycles. The fraction of sp³-hybridized carbons (Fsp3) is 0.375. The molecule has 0 spiro atoms. The first-order valence-electron chi connectivity index (χ1n) is 10.3. The highest BCUT2D eigenvalue weighted by molar-refractivity contribution is 5.87. The number of nitrogens with zero attached hydrogens (tertiary/aromatic N) is 2. The highest BCUT2D eigenvalue weighted by Crippen LogP contribution is 2.59. The zero-order valence-corrected chi connectivity index (χ0v) is 17.7. The van der Waals surface area contributed by atoms with Crippen molar-refractivity contribution in [1.82, 2.24) is 9.80 Å². The molecule has 1 aliphatic carbocycles. The second-order valence-corrected chi connectivity index (χ2v) is 8.80. The van der Waals surface area contributed by atoms with Gasteiger partial charge >= 0.3 is 5.97 Å². The first-order valence-corrected chi connectivity index (χ1v) is 10.3. The Balaban J connectivity index is 1.44. The summed E-state index contributed by atoms with van der Waals surface area (Å²) >= 11 is 0. The third kappa shape index (κ3) is 4.32. The molecule has 0 radical (unpaired) electrons. The number of aldehydes is 1. The molecule has 0 bridgehead atoms. The van der Waals surface area contributed by atoms with Gasteiger partial charge in [-0.2, -0.15) is 0 Å². The smallest absolute Gasteiger partial charge is 0.326 e. The number of benzene rings is 2. The molecule has 2 aliphatic rings. The number of piperidine rings is 1. The predicted molar refractivity (Wildman–Crippen MR) is 114 cm³/mol. The number of hydrogen-bond acceptors (Lipinski definition) is 5. The first kappa shape index (κ1) is 21.1. The number of para-hydroxylation sites is 1. The minimum Gasteiger partial charge on any atom is -0.480 e. The number of likely N-dealkylation sites (N-methyl/N-ethyl adjacent to an activating group) is 1. The van der Waals surface area contributed by atoms with Crippen LogP contribution in [0.1, 0.15) is 35.7 Å². The van der Waals surface area contributed by atoms with Crippen LogP contribution in [0.5, 0.6) is 11.5 Å². The van der Waals surface area contributed by atoms with Gasteiger partial charge in [-0.3, -0.25) is 14.5 Å². The molecule has 2 aromatic carbocycles. The Bertz CT molecular complexity index is 1010. The lowest BCUT2D eigenvalue weighted by atomic mass is 10.0. The van der Waals surface area contributed by atoms with Crippen molar-refractivity contribution in [2.45, 2.75) is 38.4 Å². The van der Waals surface area contributed by atoms with E-state index >= 15 is 0 Å². The molecule has 7 heteroatoms. The summed E-state index contributed by atoms with van der Waals surface area (Å²) in [5.41, 5.74) is 1.20. The van der Waals surface area contributed by atoms with Crippen molar-refractivity contribution >= 4 is 18.2 Å². The van der Waals surface area contributed by atoms with Gasteiger partial charge < -0.3 is 14.7 Å². The lowest BCUT2D eigenvalue weighted by Gasteiger charge is -2.27. The van der Waals surface area contributed by atoms with Crippen LogP contribution in [0, 0.1) is 5.41 Å². The van der Waals surface area contributed by atoms with Crippen molar-refractivity contribution in [3.63, 3.8) is 0 Å². The summed E-state index contributed by atoms with van der Waals surface area (Å²) in [5, 5.41) is 9.51. The number of amides is 1. The number of likely N-dealkylation sites (tertiary alicyclic amines) is 1. The second kappa shape index (κ2) is 8.15. The third-order valence-corrected chi connectivity index (χ3v) is 6.27. The Morgan fingerprint density at radius 3 is 2.61 bits per heavy atom. The largest absolute Gasteiger partial charge is 0.480 e. The molecule has 162 valence electrons. The number of carbonyl (C=O) groups is 3. The van der Waals surface area contributed by atoms with Gasteiger partial charge in [0.05, 0.1) is 6.54 Å². The van der Waals surface area contributed by atoms with E-state index in [4.69, 9.17) is 4.74 Å². The minimum atomic E-state index is -0.946. The van der Waals surface area contributed by atoms with E-state index in [1.54, 1.807) is 35.0 Å². The van der Waals surface area contributed by atoms with Gasteiger partial charge in [-0.15, -0.1) is 0 Å². The average molecular weight is 422 g/mol. The van der Waals surface area contributed by atoms with E-state index in [2.05, 4.69) is 0 Å². The van der Waals surface area contributed by atoms with Gasteiger partial charge in [0.1, 0.15) is 23.8 Å². The summed E-state index contributed by atoms with van der Waals surface area (Å²) in [6.07, 6.45) is 2.16. The van der Waals surface area contributed by atoms with Crippen LogP contribution < -0.4 is 4.74 Å². The fourth-order valence-corrected chi connectivity index (χ4v) is 4.53. The number of ether oxygens (including phenoxy) is 1. The van der Waals surface area contributed by atoms with Crippen LogP contribution in [0.3, 0.4) is 0 Å². The molecule has 1 amide bonds. The van der Waals surface area contributed by atoms with Gasteiger partial charge in [-0.05, 0) is 61.2 Å². The number of fused-ring (bicyclic) bond motifs is 1. The second-order valence-electron chi connectivity index (χ2n) is 8.80. The van der Waals surface area contributed by atoms with E-state index in [-0.39, 0.29) is 23.9 Å². The Kier molecular flexibility index (Phi) is 5.54. The fourth-order valence-electron chi connectivity index (χ4n) is 4.53. The van der Waals surface area contributed by atoms with E-state index in [1.165, 1.54) is 0 Å². The number of carbonyl (C=O) groups excluding carboxylic acids is 2. The van der Waals surface area contributed by atoms with E-state index in [0.29, 0.717) is 30.0 Å². The number of carboxylic acid groups (broad SMARTS) is 1. The predicted octanol–water partition coefficient (Wildman–Crippen LogP) is 3.19. The molecule has 31 heavy (non-hydrogen) atoms. The molecule has 7 nitrogen and oxygen atoms in total.